The van der Waals surface area contributed by atoms with Gasteiger partial charge >= 0.3 is 0 Å². The zero-order chi connectivity index (χ0) is 17.4. The minimum absolute atomic E-state index is 0.0881. The minimum atomic E-state index is -0.384. The van der Waals surface area contributed by atoms with Crippen LogP contribution in [0.5, 0.6) is 0 Å². The molecule has 1 fully saturated rings. The summed E-state index contributed by atoms with van der Waals surface area (Å²) >= 11 is 0. The summed E-state index contributed by atoms with van der Waals surface area (Å²) in [7, 11) is 0. The van der Waals surface area contributed by atoms with E-state index in [9.17, 15) is 14.4 Å². The molecule has 3 N–H and O–H groups in total. The van der Waals surface area contributed by atoms with E-state index >= 15 is 0 Å². The molecule has 2 aliphatic rings. The quantitative estimate of drug-likeness (QED) is 0.275. The fourth-order valence-corrected chi connectivity index (χ4v) is 2.76. The Morgan fingerprint density at radius 2 is 1.75 bits per heavy atom. The van der Waals surface area contributed by atoms with E-state index in [0.717, 1.165) is 37.7 Å². The predicted octanol–water partition coefficient (Wildman–Crippen LogP) is 2.21. The monoisotopic (exact) mass is 330 g/mol. The molecule has 0 aromatic heterocycles. The highest BCUT2D eigenvalue weighted by molar-refractivity contribution is 6.00. The first-order valence-electron chi connectivity index (χ1n) is 8.33. The molecule has 0 saturated heterocycles. The van der Waals surface area contributed by atoms with Crippen LogP contribution >= 0.6 is 0 Å². The first kappa shape index (κ1) is 18.0. The van der Waals surface area contributed by atoms with Gasteiger partial charge < -0.3 is 5.32 Å². The van der Waals surface area contributed by atoms with Crippen LogP contribution in [0.15, 0.2) is 34.4 Å². The van der Waals surface area contributed by atoms with E-state index in [1.54, 1.807) is 5.48 Å². The van der Waals surface area contributed by atoms with E-state index < -0.39 is 0 Å². The maximum Gasteiger partial charge on any atom is 0.243 e. The van der Waals surface area contributed by atoms with Crippen LogP contribution in [0.3, 0.4) is 0 Å². The lowest BCUT2D eigenvalue weighted by atomic mass is 9.87. The number of amides is 2. The summed E-state index contributed by atoms with van der Waals surface area (Å²) in [5, 5.41) is 11.2. The van der Waals surface area contributed by atoms with Crippen LogP contribution in [0.4, 0.5) is 0 Å². The SMILES string of the molecule is O=C(CCCCCCC(=O)NC1=C=C=C2C(=O)CCCC2=C1)NO. The third-order valence-corrected chi connectivity index (χ3v) is 4.05. The lowest BCUT2D eigenvalue weighted by Gasteiger charge is -2.17. The van der Waals surface area contributed by atoms with E-state index in [0.29, 0.717) is 37.0 Å². The lowest BCUT2D eigenvalue weighted by molar-refractivity contribution is -0.129. The maximum absolute atomic E-state index is 11.9. The van der Waals surface area contributed by atoms with Crippen molar-refractivity contribution in [2.45, 2.75) is 57.8 Å². The van der Waals surface area contributed by atoms with Crippen LogP contribution in [0.1, 0.15) is 57.8 Å². The fraction of sp³-hybridized carbons (Fsp3) is 0.500. The van der Waals surface area contributed by atoms with Crippen LogP contribution in [0.25, 0.3) is 0 Å². The Morgan fingerprint density at radius 1 is 1.04 bits per heavy atom. The Morgan fingerprint density at radius 3 is 2.46 bits per heavy atom. The van der Waals surface area contributed by atoms with Crippen molar-refractivity contribution in [3.63, 3.8) is 0 Å². The first-order chi connectivity index (χ1) is 11.6. The third-order valence-electron chi connectivity index (χ3n) is 4.05. The number of carbonyl (C=O) groups is 3. The highest BCUT2D eigenvalue weighted by Gasteiger charge is 2.21. The molecular formula is C18H22N2O4. The highest BCUT2D eigenvalue weighted by atomic mass is 16.5. The number of hydrogen-bond acceptors (Lipinski definition) is 4. The standard InChI is InChI=1S/C18H22N2O4/c21-16-7-5-6-13-12-14(10-11-15(13)16)19-17(22)8-3-1-2-4-9-18(23)20-24/h12,24H,1-9H2,(H,19,22)(H,20,23). The molecule has 6 heteroatoms. The second-order valence-electron chi connectivity index (χ2n) is 5.98. The average Bonchev–Trinajstić information content (AvgIpc) is 2.57. The predicted molar refractivity (Wildman–Crippen MR) is 86.8 cm³/mol. The summed E-state index contributed by atoms with van der Waals surface area (Å²) < 4.78 is 0. The summed E-state index contributed by atoms with van der Waals surface area (Å²) in [5.74, 6) is -0.375. The van der Waals surface area contributed by atoms with Crippen LogP contribution in [-0.4, -0.2) is 22.8 Å². The van der Waals surface area contributed by atoms with Crippen molar-refractivity contribution in [3.8, 4) is 0 Å². The van der Waals surface area contributed by atoms with Crippen LogP contribution in [0.2, 0.25) is 0 Å². The summed E-state index contributed by atoms with van der Waals surface area (Å²) in [5.41, 5.74) is 9.40. The zero-order valence-corrected chi connectivity index (χ0v) is 13.6. The number of ketones is 1. The molecule has 0 spiro atoms. The second-order valence-corrected chi connectivity index (χ2v) is 5.98. The number of nitrogens with one attached hydrogen (secondary N) is 2. The third kappa shape index (κ3) is 5.36. The molecule has 0 aromatic carbocycles. The van der Waals surface area contributed by atoms with Crippen molar-refractivity contribution in [1.29, 1.82) is 0 Å². The van der Waals surface area contributed by atoms with Gasteiger partial charge in [-0.2, -0.15) is 0 Å². The molecule has 0 atom stereocenters. The molecule has 2 rings (SSSR count). The summed E-state index contributed by atoms with van der Waals surface area (Å²) in [6, 6.07) is 0. The molecule has 128 valence electrons. The van der Waals surface area contributed by atoms with E-state index in [1.807, 2.05) is 6.08 Å². The van der Waals surface area contributed by atoms with Gasteiger partial charge in [-0.3, -0.25) is 19.6 Å². The average molecular weight is 330 g/mol. The van der Waals surface area contributed by atoms with Crippen molar-refractivity contribution in [2.75, 3.05) is 0 Å². The van der Waals surface area contributed by atoms with Crippen LogP contribution in [0, 0.1) is 0 Å². The van der Waals surface area contributed by atoms with Gasteiger partial charge in [-0.15, -0.1) is 0 Å². The molecular weight excluding hydrogens is 308 g/mol. The zero-order valence-electron chi connectivity index (χ0n) is 13.6. The Bertz CT molecular complexity index is 663. The number of rotatable bonds is 8. The van der Waals surface area contributed by atoms with E-state index in [2.05, 4.69) is 16.8 Å². The first-order valence-corrected chi connectivity index (χ1v) is 8.33. The molecule has 0 radical (unpaired) electrons. The molecule has 0 aliphatic heterocycles. The Balaban J connectivity index is 1.72. The van der Waals surface area contributed by atoms with Crippen molar-refractivity contribution < 1.29 is 19.6 Å². The van der Waals surface area contributed by atoms with Gasteiger partial charge in [-0.05, 0) is 43.1 Å². The van der Waals surface area contributed by atoms with Crippen molar-refractivity contribution in [2.24, 2.45) is 0 Å². The Hall–Kier alpha value is -2.39. The Labute approximate surface area is 141 Å². The summed E-state index contributed by atoms with van der Waals surface area (Å²) in [4.78, 5) is 34.5. The van der Waals surface area contributed by atoms with Gasteiger partial charge in [0.15, 0.2) is 5.78 Å². The molecule has 6 nitrogen and oxygen atoms in total. The molecule has 24 heavy (non-hydrogen) atoms. The fourth-order valence-electron chi connectivity index (χ4n) is 2.76. The maximum atomic E-state index is 11.9. The van der Waals surface area contributed by atoms with Crippen molar-refractivity contribution >= 4 is 17.6 Å². The van der Waals surface area contributed by atoms with Gasteiger partial charge in [0.25, 0.3) is 0 Å². The van der Waals surface area contributed by atoms with Crippen molar-refractivity contribution in [3.05, 3.63) is 34.4 Å². The molecule has 0 bridgehead atoms. The topological polar surface area (TPSA) is 95.5 Å². The molecule has 0 aromatic rings. The normalized spacial score (nSPS) is 15.9. The van der Waals surface area contributed by atoms with Gasteiger partial charge in [-0.1, -0.05) is 18.6 Å². The molecule has 0 heterocycles. The van der Waals surface area contributed by atoms with Crippen LogP contribution < -0.4 is 10.8 Å². The number of hydroxylamine groups is 1. The van der Waals surface area contributed by atoms with Gasteiger partial charge in [0.05, 0.1) is 11.3 Å². The largest absolute Gasteiger partial charge is 0.319 e. The number of unbranched alkanes of at least 4 members (excludes halogenated alkanes) is 3. The number of carbonyl (C=O) groups excluding carboxylic acids is 3. The van der Waals surface area contributed by atoms with Gasteiger partial charge in [0, 0.05) is 19.3 Å². The van der Waals surface area contributed by atoms with E-state index in [1.165, 1.54) is 0 Å². The van der Waals surface area contributed by atoms with Crippen LogP contribution in [-0.2, 0) is 14.4 Å². The molecule has 1 saturated carbocycles. The van der Waals surface area contributed by atoms with E-state index in [-0.39, 0.29) is 17.6 Å². The smallest absolute Gasteiger partial charge is 0.243 e. The van der Waals surface area contributed by atoms with Gasteiger partial charge in [0.2, 0.25) is 11.8 Å². The summed E-state index contributed by atoms with van der Waals surface area (Å²) in [6.45, 7) is 0. The number of Topliss-reactive ketones (excluding diaryl/α,β-unsaturated/α-hetero) is 1. The molecule has 0 unspecified atom stereocenters. The van der Waals surface area contributed by atoms with Gasteiger partial charge in [0.1, 0.15) is 0 Å². The van der Waals surface area contributed by atoms with Crippen molar-refractivity contribution in [1.82, 2.24) is 10.8 Å². The minimum Gasteiger partial charge on any atom is -0.319 e. The number of allylic oxidation sites excluding steroid dienone is 3. The number of hydrogen-bond donors (Lipinski definition) is 3. The second kappa shape index (κ2) is 9.04. The highest BCUT2D eigenvalue weighted by Crippen LogP contribution is 2.27. The van der Waals surface area contributed by atoms with E-state index in [4.69, 9.17) is 5.21 Å². The summed E-state index contributed by atoms with van der Waals surface area (Å²) in [6.07, 6.45) is 7.84. The Kier molecular flexibility index (Phi) is 6.76. The molecule has 2 amide bonds. The lowest BCUT2D eigenvalue weighted by Crippen LogP contribution is -2.22. The van der Waals surface area contributed by atoms with Gasteiger partial charge in [-0.25, -0.2) is 5.48 Å². The number of fused-ring (bicyclic) bond motifs is 1. The molecule has 2 aliphatic carbocycles.